The van der Waals surface area contributed by atoms with E-state index in [0.29, 0.717) is 16.9 Å². The van der Waals surface area contributed by atoms with Crippen LogP contribution in [0, 0.1) is 5.92 Å². The Balaban J connectivity index is 1.81. The number of nitrogen functional groups attached to an aromatic ring is 1. The fourth-order valence-corrected chi connectivity index (χ4v) is 4.20. The molecule has 2 aliphatic rings. The van der Waals surface area contributed by atoms with Gasteiger partial charge in [-0.3, -0.25) is 0 Å². The van der Waals surface area contributed by atoms with Gasteiger partial charge in [0.1, 0.15) is 0 Å². The van der Waals surface area contributed by atoms with Crippen molar-refractivity contribution in [2.45, 2.75) is 18.4 Å². The van der Waals surface area contributed by atoms with Crippen LogP contribution in [0.5, 0.6) is 0 Å². The Hall–Kier alpha value is -1.64. The molecule has 22 heavy (non-hydrogen) atoms. The predicted molar refractivity (Wildman–Crippen MR) is 93.7 cm³/mol. The van der Waals surface area contributed by atoms with Gasteiger partial charge in [0.05, 0.1) is 6.04 Å². The van der Waals surface area contributed by atoms with Gasteiger partial charge in [0, 0.05) is 27.3 Å². The number of nitrogens with two attached hydrogens (primary N) is 1. The summed E-state index contributed by atoms with van der Waals surface area (Å²) in [5, 5.41) is 5.03. The molecule has 112 valence electrons. The summed E-state index contributed by atoms with van der Waals surface area (Å²) in [5.41, 5.74) is 10.3. The quantitative estimate of drug-likeness (QED) is 0.542. The number of rotatable bonds is 1. The van der Waals surface area contributed by atoms with Gasteiger partial charge in [-0.1, -0.05) is 41.4 Å². The molecule has 2 aromatic rings. The molecule has 0 saturated heterocycles. The van der Waals surface area contributed by atoms with Gasteiger partial charge in [-0.25, -0.2) is 0 Å². The Labute approximate surface area is 139 Å². The lowest BCUT2D eigenvalue weighted by Gasteiger charge is -2.38. The van der Waals surface area contributed by atoms with Crippen molar-refractivity contribution in [3.05, 3.63) is 69.7 Å². The van der Waals surface area contributed by atoms with Crippen LogP contribution < -0.4 is 11.1 Å². The SMILES string of the molecule is Nc1ccc2c(c1)C1C=CCC1C(c1ccc(Cl)cc1Cl)N2. The summed E-state index contributed by atoms with van der Waals surface area (Å²) in [6.45, 7) is 0. The molecule has 1 aliphatic heterocycles. The van der Waals surface area contributed by atoms with E-state index in [4.69, 9.17) is 28.9 Å². The van der Waals surface area contributed by atoms with E-state index >= 15 is 0 Å². The van der Waals surface area contributed by atoms with Crippen molar-refractivity contribution in [2.24, 2.45) is 5.92 Å². The van der Waals surface area contributed by atoms with Gasteiger partial charge in [0.25, 0.3) is 0 Å². The molecule has 2 nitrogen and oxygen atoms in total. The van der Waals surface area contributed by atoms with E-state index < -0.39 is 0 Å². The molecule has 4 heteroatoms. The summed E-state index contributed by atoms with van der Waals surface area (Å²) in [4.78, 5) is 0. The van der Waals surface area contributed by atoms with Crippen LogP contribution in [-0.4, -0.2) is 0 Å². The smallest absolute Gasteiger partial charge is 0.0568 e. The number of nitrogens with one attached hydrogen (secondary N) is 1. The van der Waals surface area contributed by atoms with Gasteiger partial charge < -0.3 is 11.1 Å². The Bertz CT molecular complexity index is 770. The van der Waals surface area contributed by atoms with Crippen molar-refractivity contribution < 1.29 is 0 Å². The van der Waals surface area contributed by atoms with Crippen molar-refractivity contribution in [3.8, 4) is 0 Å². The molecule has 1 heterocycles. The first kappa shape index (κ1) is 14.0. The lowest BCUT2D eigenvalue weighted by molar-refractivity contribution is 0.426. The normalized spacial score (nSPS) is 25.5. The van der Waals surface area contributed by atoms with E-state index in [1.54, 1.807) is 0 Å². The molecule has 0 radical (unpaired) electrons. The van der Waals surface area contributed by atoms with Gasteiger partial charge >= 0.3 is 0 Å². The predicted octanol–water partition coefficient (Wildman–Crippen LogP) is 5.40. The molecule has 1 aliphatic carbocycles. The highest BCUT2D eigenvalue weighted by atomic mass is 35.5. The summed E-state index contributed by atoms with van der Waals surface area (Å²) in [7, 11) is 0. The highest BCUT2D eigenvalue weighted by molar-refractivity contribution is 6.35. The minimum Gasteiger partial charge on any atom is -0.399 e. The zero-order valence-corrected chi connectivity index (χ0v) is 13.4. The zero-order chi connectivity index (χ0) is 15.3. The van der Waals surface area contributed by atoms with Crippen molar-refractivity contribution in [1.82, 2.24) is 0 Å². The second-order valence-corrected chi connectivity index (χ2v) is 6.83. The lowest BCUT2D eigenvalue weighted by Crippen LogP contribution is -2.29. The maximum absolute atomic E-state index is 6.44. The van der Waals surface area contributed by atoms with E-state index in [0.717, 1.165) is 28.4 Å². The highest BCUT2D eigenvalue weighted by Crippen LogP contribution is 2.51. The molecule has 0 fully saturated rings. The van der Waals surface area contributed by atoms with Crippen LogP contribution in [0.3, 0.4) is 0 Å². The largest absolute Gasteiger partial charge is 0.399 e. The Kier molecular flexibility index (Phi) is 3.32. The van der Waals surface area contributed by atoms with Crippen LogP contribution in [-0.2, 0) is 0 Å². The van der Waals surface area contributed by atoms with Crippen molar-refractivity contribution in [2.75, 3.05) is 11.1 Å². The van der Waals surface area contributed by atoms with Gasteiger partial charge in [0.15, 0.2) is 0 Å². The second-order valence-electron chi connectivity index (χ2n) is 5.99. The summed E-state index contributed by atoms with van der Waals surface area (Å²) < 4.78 is 0. The molecule has 0 saturated carbocycles. The van der Waals surface area contributed by atoms with Crippen LogP contribution in [0.2, 0.25) is 10.0 Å². The third-order valence-electron chi connectivity index (χ3n) is 4.68. The number of benzene rings is 2. The minimum absolute atomic E-state index is 0.181. The number of allylic oxidation sites excluding steroid dienone is 2. The van der Waals surface area contributed by atoms with E-state index in [9.17, 15) is 0 Å². The molecule has 0 amide bonds. The number of hydrogen-bond donors (Lipinski definition) is 2. The molecular weight excluding hydrogens is 315 g/mol. The standard InChI is InChI=1S/C18H16Cl2N2/c19-10-4-6-14(16(20)8-10)18-13-3-1-2-12(13)15-9-11(21)5-7-17(15)22-18/h1-2,4-9,12-13,18,22H,3,21H2. The van der Waals surface area contributed by atoms with Crippen molar-refractivity contribution in [3.63, 3.8) is 0 Å². The Morgan fingerprint density at radius 3 is 2.73 bits per heavy atom. The molecular formula is C18H16Cl2N2. The molecule has 4 rings (SSSR count). The Morgan fingerprint density at radius 2 is 1.91 bits per heavy atom. The first-order valence-electron chi connectivity index (χ1n) is 7.41. The summed E-state index contributed by atoms with van der Waals surface area (Å²) in [6.07, 6.45) is 5.59. The lowest BCUT2D eigenvalue weighted by atomic mass is 9.77. The van der Waals surface area contributed by atoms with Crippen LogP contribution in [0.25, 0.3) is 0 Å². The first-order valence-corrected chi connectivity index (χ1v) is 8.16. The third-order valence-corrected chi connectivity index (χ3v) is 5.25. The van der Waals surface area contributed by atoms with Crippen LogP contribution >= 0.6 is 23.2 Å². The Morgan fingerprint density at radius 1 is 1.05 bits per heavy atom. The molecule has 0 bridgehead atoms. The minimum atomic E-state index is 0.181. The molecule has 3 N–H and O–H groups in total. The molecule has 0 aromatic heterocycles. The molecule has 3 unspecified atom stereocenters. The van der Waals surface area contributed by atoms with E-state index in [-0.39, 0.29) is 6.04 Å². The fourth-order valence-electron chi connectivity index (χ4n) is 3.67. The monoisotopic (exact) mass is 330 g/mol. The van der Waals surface area contributed by atoms with Crippen LogP contribution in [0.1, 0.15) is 29.5 Å². The highest BCUT2D eigenvalue weighted by Gasteiger charge is 2.38. The molecule has 3 atom stereocenters. The first-order chi connectivity index (χ1) is 10.6. The number of fused-ring (bicyclic) bond motifs is 3. The van der Waals surface area contributed by atoms with Gasteiger partial charge in [0.2, 0.25) is 0 Å². The van der Waals surface area contributed by atoms with Gasteiger partial charge in [-0.2, -0.15) is 0 Å². The summed E-state index contributed by atoms with van der Waals surface area (Å²) >= 11 is 12.5. The second kappa shape index (κ2) is 5.22. The van der Waals surface area contributed by atoms with Crippen LogP contribution in [0.4, 0.5) is 11.4 Å². The summed E-state index contributed by atoms with van der Waals surface area (Å²) in [6, 6.07) is 12.0. The van der Waals surface area contributed by atoms with Gasteiger partial charge in [-0.15, -0.1) is 0 Å². The van der Waals surface area contributed by atoms with E-state index in [1.165, 1.54) is 5.56 Å². The van der Waals surface area contributed by atoms with Crippen LogP contribution in [0.15, 0.2) is 48.6 Å². The van der Waals surface area contributed by atoms with Gasteiger partial charge in [-0.05, 0) is 53.8 Å². The maximum Gasteiger partial charge on any atom is 0.0568 e. The maximum atomic E-state index is 6.44. The fraction of sp³-hybridized carbons (Fsp3) is 0.222. The topological polar surface area (TPSA) is 38.0 Å². The zero-order valence-electron chi connectivity index (χ0n) is 11.9. The molecule has 0 spiro atoms. The number of hydrogen-bond acceptors (Lipinski definition) is 2. The average molecular weight is 331 g/mol. The summed E-state index contributed by atoms with van der Waals surface area (Å²) in [5.74, 6) is 0.837. The van der Waals surface area contributed by atoms with Crippen molar-refractivity contribution >= 4 is 34.6 Å². The number of anilines is 2. The third kappa shape index (κ3) is 2.18. The van der Waals surface area contributed by atoms with E-state index in [2.05, 4.69) is 29.6 Å². The average Bonchev–Trinajstić information content (AvgIpc) is 2.97. The van der Waals surface area contributed by atoms with E-state index in [1.807, 2.05) is 24.3 Å². The molecule has 2 aromatic carbocycles. The van der Waals surface area contributed by atoms with Crippen molar-refractivity contribution in [1.29, 1.82) is 0 Å². The number of halogens is 2.